The van der Waals surface area contributed by atoms with E-state index in [0.717, 1.165) is 0 Å². The van der Waals surface area contributed by atoms with Gasteiger partial charge in [0, 0.05) is 0 Å². The van der Waals surface area contributed by atoms with Gasteiger partial charge >= 0.3 is 0 Å². The Bertz CT molecular complexity index is 397. The molecule has 1 aromatic carbocycles. The molecule has 0 aliphatic heterocycles. The minimum atomic E-state index is 0.0417. The Morgan fingerprint density at radius 3 is 1.38 bits per heavy atom. The van der Waals surface area contributed by atoms with Crippen molar-refractivity contribution in [1.29, 1.82) is 0 Å². The van der Waals surface area contributed by atoms with E-state index in [9.17, 15) is 0 Å². The Morgan fingerprint density at radius 2 is 1.12 bits per heavy atom. The topological polar surface area (TPSA) is 117 Å². The van der Waals surface area contributed by atoms with E-state index in [4.69, 9.17) is 17.2 Å². The SMILES string of the molecule is Nc1nc(N)nc(N)n1.Pc1ccccc1. The Morgan fingerprint density at radius 1 is 0.750 bits per heavy atom. The molecule has 1 heterocycles. The van der Waals surface area contributed by atoms with Gasteiger partial charge in [-0.15, -0.1) is 9.24 Å². The van der Waals surface area contributed by atoms with E-state index in [1.165, 1.54) is 5.30 Å². The molecule has 1 atom stereocenters. The first-order valence-corrected chi connectivity index (χ1v) is 4.98. The minimum Gasteiger partial charge on any atom is -0.368 e. The number of rotatable bonds is 0. The van der Waals surface area contributed by atoms with Crippen LogP contribution in [0.4, 0.5) is 17.8 Å². The van der Waals surface area contributed by atoms with Crippen LogP contribution in [0, 0.1) is 0 Å². The zero-order valence-electron chi connectivity index (χ0n) is 8.54. The Hall–Kier alpha value is -1.94. The third kappa shape index (κ3) is 4.52. The van der Waals surface area contributed by atoms with E-state index in [1.54, 1.807) is 0 Å². The molecule has 6 nitrogen and oxygen atoms in total. The monoisotopic (exact) mass is 236 g/mol. The summed E-state index contributed by atoms with van der Waals surface area (Å²) in [4.78, 5) is 10.5. The maximum Gasteiger partial charge on any atom is 0.226 e. The van der Waals surface area contributed by atoms with Crippen LogP contribution in [-0.2, 0) is 0 Å². The highest BCUT2D eigenvalue weighted by Gasteiger charge is 1.93. The molecular weight excluding hydrogens is 223 g/mol. The molecule has 0 amide bonds. The van der Waals surface area contributed by atoms with Crippen molar-refractivity contribution in [1.82, 2.24) is 15.0 Å². The lowest BCUT2D eigenvalue weighted by Gasteiger charge is -1.93. The van der Waals surface area contributed by atoms with Crippen molar-refractivity contribution in [2.75, 3.05) is 17.2 Å². The summed E-state index contributed by atoms with van der Waals surface area (Å²) >= 11 is 0. The summed E-state index contributed by atoms with van der Waals surface area (Å²) in [6.07, 6.45) is 0. The number of nitrogens with two attached hydrogens (primary N) is 3. The summed E-state index contributed by atoms with van der Waals surface area (Å²) in [7, 11) is 2.63. The number of hydrogen-bond acceptors (Lipinski definition) is 6. The quantitative estimate of drug-likeness (QED) is 0.545. The summed E-state index contributed by atoms with van der Waals surface area (Å²) in [5.74, 6) is 0.125. The van der Waals surface area contributed by atoms with E-state index < -0.39 is 0 Å². The molecule has 7 heteroatoms. The van der Waals surface area contributed by atoms with Gasteiger partial charge in [-0.05, 0) is 5.30 Å². The fraction of sp³-hybridized carbons (Fsp3) is 0. The molecule has 6 N–H and O–H groups in total. The lowest BCUT2D eigenvalue weighted by atomic mass is 10.4. The third-order valence-corrected chi connectivity index (χ3v) is 1.87. The van der Waals surface area contributed by atoms with E-state index in [2.05, 4.69) is 24.2 Å². The highest BCUT2D eigenvalue weighted by atomic mass is 31.0. The van der Waals surface area contributed by atoms with Crippen LogP contribution >= 0.6 is 9.24 Å². The molecule has 0 radical (unpaired) electrons. The Kier molecular flexibility index (Phi) is 4.42. The van der Waals surface area contributed by atoms with E-state index in [1.807, 2.05) is 30.3 Å². The van der Waals surface area contributed by atoms with Crippen molar-refractivity contribution in [3.05, 3.63) is 30.3 Å². The van der Waals surface area contributed by atoms with Gasteiger partial charge in [-0.25, -0.2) is 0 Å². The van der Waals surface area contributed by atoms with Crippen LogP contribution in [0.25, 0.3) is 0 Å². The number of hydrogen-bond donors (Lipinski definition) is 3. The van der Waals surface area contributed by atoms with Gasteiger partial charge in [-0.2, -0.15) is 15.0 Å². The predicted molar refractivity (Wildman–Crippen MR) is 68.9 cm³/mol. The van der Waals surface area contributed by atoms with Crippen molar-refractivity contribution < 1.29 is 0 Å². The van der Waals surface area contributed by atoms with Crippen LogP contribution in [0.2, 0.25) is 0 Å². The normalized spacial score (nSPS) is 9.06. The Balaban J connectivity index is 0.000000165. The summed E-state index contributed by atoms with van der Waals surface area (Å²) in [5.41, 5.74) is 15.4. The van der Waals surface area contributed by atoms with E-state index >= 15 is 0 Å². The summed E-state index contributed by atoms with van der Waals surface area (Å²) < 4.78 is 0. The number of anilines is 3. The van der Waals surface area contributed by atoms with Gasteiger partial charge in [0.15, 0.2) is 0 Å². The largest absolute Gasteiger partial charge is 0.368 e. The first-order valence-electron chi connectivity index (χ1n) is 4.41. The van der Waals surface area contributed by atoms with Gasteiger partial charge < -0.3 is 17.2 Å². The second-order valence-corrected chi connectivity index (χ2v) is 3.49. The molecule has 2 rings (SSSR count). The maximum absolute atomic E-state index is 5.14. The van der Waals surface area contributed by atoms with Gasteiger partial charge in [-0.1, -0.05) is 30.3 Å². The lowest BCUT2D eigenvalue weighted by molar-refractivity contribution is 1.09. The molecular formula is C9H13N6P. The first kappa shape index (κ1) is 12.1. The molecule has 0 saturated heterocycles. The fourth-order valence-electron chi connectivity index (χ4n) is 0.880. The van der Waals surface area contributed by atoms with Gasteiger partial charge in [0.1, 0.15) is 0 Å². The van der Waals surface area contributed by atoms with Gasteiger partial charge in [-0.3, -0.25) is 0 Å². The number of aromatic nitrogens is 3. The fourth-order valence-corrected chi connectivity index (χ4v) is 1.10. The molecule has 0 spiro atoms. The summed E-state index contributed by atoms with van der Waals surface area (Å²) in [6.45, 7) is 0. The first-order chi connectivity index (χ1) is 7.58. The molecule has 1 aromatic heterocycles. The molecule has 1 unspecified atom stereocenters. The van der Waals surface area contributed by atoms with Crippen molar-refractivity contribution in [2.45, 2.75) is 0 Å². The maximum atomic E-state index is 5.14. The second-order valence-electron chi connectivity index (χ2n) is 2.82. The van der Waals surface area contributed by atoms with Crippen LogP contribution in [0.15, 0.2) is 30.3 Å². The standard InChI is InChI=1S/C6H7P.C3H6N6/c7-6-4-2-1-3-5-6;4-1-7-2(5)9-3(6)8-1/h1-5H,7H2;(H6,4,5,6,7,8,9). The molecule has 2 aromatic rings. The molecule has 84 valence electrons. The van der Waals surface area contributed by atoms with Crippen LogP contribution in [0.3, 0.4) is 0 Å². The van der Waals surface area contributed by atoms with Crippen LogP contribution in [0.5, 0.6) is 0 Å². The zero-order valence-corrected chi connectivity index (χ0v) is 9.69. The third-order valence-electron chi connectivity index (χ3n) is 1.49. The number of benzene rings is 1. The molecule has 0 bridgehead atoms. The molecule has 0 fully saturated rings. The zero-order chi connectivity index (χ0) is 12.0. The van der Waals surface area contributed by atoms with E-state index in [0.29, 0.717) is 0 Å². The molecule has 16 heavy (non-hydrogen) atoms. The van der Waals surface area contributed by atoms with Crippen LogP contribution in [-0.4, -0.2) is 15.0 Å². The van der Waals surface area contributed by atoms with Crippen molar-refractivity contribution >= 4 is 32.4 Å². The number of nitrogen functional groups attached to an aromatic ring is 3. The minimum absolute atomic E-state index is 0.0417. The molecule has 0 saturated carbocycles. The second kappa shape index (κ2) is 5.82. The average molecular weight is 236 g/mol. The summed E-state index contributed by atoms with van der Waals surface area (Å²) in [5, 5.41) is 1.24. The Labute approximate surface area is 95.5 Å². The van der Waals surface area contributed by atoms with Gasteiger partial charge in [0.2, 0.25) is 17.8 Å². The smallest absolute Gasteiger partial charge is 0.226 e. The van der Waals surface area contributed by atoms with Crippen molar-refractivity contribution in [2.24, 2.45) is 0 Å². The van der Waals surface area contributed by atoms with Crippen LogP contribution in [0.1, 0.15) is 0 Å². The van der Waals surface area contributed by atoms with Gasteiger partial charge in [0.05, 0.1) is 0 Å². The highest BCUT2D eigenvalue weighted by molar-refractivity contribution is 7.27. The highest BCUT2D eigenvalue weighted by Crippen LogP contribution is 1.97. The van der Waals surface area contributed by atoms with Crippen LogP contribution < -0.4 is 22.5 Å². The molecule has 0 aliphatic rings. The molecule has 0 aliphatic carbocycles. The predicted octanol–water partition coefficient (Wildman–Crippen LogP) is -0.195. The lowest BCUT2D eigenvalue weighted by Crippen LogP contribution is -2.05. The van der Waals surface area contributed by atoms with E-state index in [-0.39, 0.29) is 17.8 Å². The van der Waals surface area contributed by atoms with Gasteiger partial charge in [0.25, 0.3) is 0 Å². The number of nitrogens with zero attached hydrogens (tertiary/aromatic N) is 3. The van der Waals surface area contributed by atoms with Crippen molar-refractivity contribution in [3.8, 4) is 0 Å². The van der Waals surface area contributed by atoms with Crippen molar-refractivity contribution in [3.63, 3.8) is 0 Å². The average Bonchev–Trinajstić information content (AvgIpc) is 2.17. The summed E-state index contributed by atoms with van der Waals surface area (Å²) in [6, 6.07) is 10.1.